The zero-order valence-electron chi connectivity index (χ0n) is 20.3. The van der Waals surface area contributed by atoms with Crippen molar-refractivity contribution in [2.45, 2.75) is 19.1 Å². The Kier molecular flexibility index (Phi) is 10.2. The molecule has 0 fully saturated rings. The predicted octanol–water partition coefficient (Wildman–Crippen LogP) is 3.08. The maximum atomic E-state index is 12.8. The number of nitrogens with one attached hydrogen (secondary N) is 2. The number of hydrogen-bond acceptors (Lipinski definition) is 7. The van der Waals surface area contributed by atoms with E-state index in [1.165, 1.54) is 19.2 Å². The SMILES string of the molecule is COc1ccc(C(=O)OCC(=O)CNC(=O)[C@H](Cc2ccccc2)NC(=O)OCc2ccccc2)cc1. The summed E-state index contributed by atoms with van der Waals surface area (Å²) in [5, 5.41) is 5.05. The zero-order valence-corrected chi connectivity index (χ0v) is 20.3. The van der Waals surface area contributed by atoms with Crippen molar-refractivity contribution in [2.75, 3.05) is 20.3 Å². The molecule has 3 rings (SSSR count). The lowest BCUT2D eigenvalue weighted by molar-refractivity contribution is -0.127. The summed E-state index contributed by atoms with van der Waals surface area (Å²) >= 11 is 0. The number of ketones is 1. The van der Waals surface area contributed by atoms with Crippen LogP contribution >= 0.6 is 0 Å². The Morgan fingerprint density at radius 2 is 1.41 bits per heavy atom. The minimum absolute atomic E-state index is 0.0460. The minimum atomic E-state index is -0.986. The largest absolute Gasteiger partial charge is 0.497 e. The van der Waals surface area contributed by atoms with Gasteiger partial charge < -0.3 is 24.8 Å². The van der Waals surface area contributed by atoms with Gasteiger partial charge in [0.1, 0.15) is 18.4 Å². The molecule has 2 N–H and O–H groups in total. The number of alkyl carbamates (subject to hydrolysis) is 1. The van der Waals surface area contributed by atoms with Gasteiger partial charge in [-0.2, -0.15) is 0 Å². The summed E-state index contributed by atoms with van der Waals surface area (Å²) in [5.41, 5.74) is 1.88. The molecule has 2 amide bonds. The van der Waals surface area contributed by atoms with Crippen LogP contribution in [-0.2, 0) is 32.1 Å². The summed E-state index contributed by atoms with van der Waals surface area (Å²) in [6.45, 7) is -0.841. The first-order chi connectivity index (χ1) is 17.9. The van der Waals surface area contributed by atoms with Crippen molar-refractivity contribution in [1.29, 1.82) is 0 Å². The molecular formula is C28H28N2O7. The first-order valence-electron chi connectivity index (χ1n) is 11.6. The Bertz CT molecular complexity index is 1180. The maximum absolute atomic E-state index is 12.8. The van der Waals surface area contributed by atoms with E-state index in [2.05, 4.69) is 10.6 Å². The molecule has 37 heavy (non-hydrogen) atoms. The molecule has 3 aromatic carbocycles. The fourth-order valence-electron chi connectivity index (χ4n) is 3.28. The third kappa shape index (κ3) is 9.14. The first kappa shape index (κ1) is 26.9. The average molecular weight is 505 g/mol. The molecule has 1 atom stereocenters. The Morgan fingerprint density at radius 1 is 0.784 bits per heavy atom. The highest BCUT2D eigenvalue weighted by Crippen LogP contribution is 2.12. The maximum Gasteiger partial charge on any atom is 0.408 e. The highest BCUT2D eigenvalue weighted by Gasteiger charge is 2.23. The molecule has 0 aliphatic carbocycles. The molecule has 0 heterocycles. The van der Waals surface area contributed by atoms with E-state index in [0.29, 0.717) is 5.75 Å². The van der Waals surface area contributed by atoms with Gasteiger partial charge in [0.2, 0.25) is 5.91 Å². The number of amides is 2. The Hall–Kier alpha value is -4.66. The van der Waals surface area contributed by atoms with E-state index >= 15 is 0 Å². The van der Waals surface area contributed by atoms with Crippen molar-refractivity contribution in [3.63, 3.8) is 0 Å². The molecule has 9 nitrogen and oxygen atoms in total. The van der Waals surface area contributed by atoms with Crippen LogP contribution in [0, 0.1) is 0 Å². The van der Waals surface area contributed by atoms with Crippen LogP contribution in [0.3, 0.4) is 0 Å². The van der Waals surface area contributed by atoms with Crippen molar-refractivity contribution < 1.29 is 33.4 Å². The number of Topliss-reactive ketones (excluding diaryl/α,β-unsaturated/α-hetero) is 1. The van der Waals surface area contributed by atoms with Gasteiger partial charge in [-0.25, -0.2) is 9.59 Å². The highest BCUT2D eigenvalue weighted by atomic mass is 16.5. The lowest BCUT2D eigenvalue weighted by Gasteiger charge is -2.18. The topological polar surface area (TPSA) is 120 Å². The van der Waals surface area contributed by atoms with Gasteiger partial charge in [0.05, 0.1) is 19.2 Å². The van der Waals surface area contributed by atoms with E-state index in [0.717, 1.165) is 11.1 Å². The summed E-state index contributed by atoms with van der Waals surface area (Å²) in [7, 11) is 1.51. The van der Waals surface area contributed by atoms with E-state index < -0.39 is 36.4 Å². The number of benzene rings is 3. The Labute approximate surface area is 214 Å². The first-order valence-corrected chi connectivity index (χ1v) is 11.6. The molecular weight excluding hydrogens is 476 g/mol. The van der Waals surface area contributed by atoms with Crippen molar-refractivity contribution in [2.24, 2.45) is 0 Å². The normalized spacial score (nSPS) is 11.1. The van der Waals surface area contributed by atoms with Crippen LogP contribution in [0.15, 0.2) is 84.9 Å². The van der Waals surface area contributed by atoms with Crippen LogP contribution in [0.5, 0.6) is 5.75 Å². The van der Waals surface area contributed by atoms with E-state index in [-0.39, 0.29) is 25.1 Å². The monoisotopic (exact) mass is 504 g/mol. The van der Waals surface area contributed by atoms with E-state index in [4.69, 9.17) is 14.2 Å². The summed E-state index contributed by atoms with van der Waals surface area (Å²) < 4.78 is 15.3. The molecule has 0 aliphatic rings. The summed E-state index contributed by atoms with van der Waals surface area (Å²) in [5.74, 6) is -1.18. The number of ether oxygens (including phenoxy) is 3. The van der Waals surface area contributed by atoms with Crippen LogP contribution in [0.25, 0.3) is 0 Å². The third-order valence-electron chi connectivity index (χ3n) is 5.25. The van der Waals surface area contributed by atoms with Crippen LogP contribution in [0.1, 0.15) is 21.5 Å². The summed E-state index contributed by atoms with van der Waals surface area (Å²) in [6, 6.07) is 23.5. The lowest BCUT2D eigenvalue weighted by atomic mass is 10.1. The number of methoxy groups -OCH3 is 1. The molecule has 0 saturated heterocycles. The van der Waals surface area contributed by atoms with Gasteiger partial charge in [-0.3, -0.25) is 9.59 Å². The smallest absolute Gasteiger partial charge is 0.408 e. The number of rotatable bonds is 12. The predicted molar refractivity (Wildman–Crippen MR) is 135 cm³/mol. The van der Waals surface area contributed by atoms with Crippen molar-refractivity contribution in [3.8, 4) is 5.75 Å². The van der Waals surface area contributed by atoms with Gasteiger partial charge in [-0.15, -0.1) is 0 Å². The second-order valence-electron chi connectivity index (χ2n) is 8.01. The number of carbonyl (C=O) groups is 4. The third-order valence-corrected chi connectivity index (χ3v) is 5.25. The number of carbonyl (C=O) groups excluding carboxylic acids is 4. The number of hydrogen-bond donors (Lipinski definition) is 2. The second kappa shape index (κ2) is 14.0. The van der Waals surface area contributed by atoms with Crippen LogP contribution in [0.4, 0.5) is 4.79 Å². The quantitative estimate of drug-likeness (QED) is 0.364. The zero-order chi connectivity index (χ0) is 26.5. The van der Waals surface area contributed by atoms with Gasteiger partial charge in [0.15, 0.2) is 12.4 Å². The number of esters is 1. The van der Waals surface area contributed by atoms with Crippen molar-refractivity contribution >= 4 is 23.8 Å². The van der Waals surface area contributed by atoms with E-state index in [1.807, 2.05) is 60.7 Å². The molecule has 0 bridgehead atoms. The molecule has 0 aliphatic heterocycles. The van der Waals surface area contributed by atoms with Crippen molar-refractivity contribution in [1.82, 2.24) is 10.6 Å². The molecule has 0 unspecified atom stereocenters. The molecule has 0 aromatic heterocycles. The van der Waals surface area contributed by atoms with Gasteiger partial charge >= 0.3 is 12.1 Å². The van der Waals surface area contributed by atoms with E-state index in [1.54, 1.807) is 12.1 Å². The second-order valence-corrected chi connectivity index (χ2v) is 8.01. The standard InChI is InChI=1S/C28H28N2O7/c1-35-24-14-12-22(13-15-24)27(33)36-19-23(31)17-29-26(32)25(16-20-8-4-2-5-9-20)30-28(34)37-18-21-10-6-3-7-11-21/h2-15,25H,16-19H2,1H3,(H,29,32)(H,30,34)/t25-/m0/s1. The fraction of sp³-hybridized carbons (Fsp3) is 0.214. The Morgan fingerprint density at radius 3 is 2.03 bits per heavy atom. The summed E-state index contributed by atoms with van der Waals surface area (Å²) in [4.78, 5) is 49.5. The summed E-state index contributed by atoms with van der Waals surface area (Å²) in [6.07, 6.45) is -0.576. The average Bonchev–Trinajstić information content (AvgIpc) is 2.94. The lowest BCUT2D eigenvalue weighted by Crippen LogP contribution is -2.49. The van der Waals surface area contributed by atoms with Crippen LogP contribution in [0.2, 0.25) is 0 Å². The Balaban J connectivity index is 1.51. The van der Waals surface area contributed by atoms with Crippen LogP contribution < -0.4 is 15.4 Å². The molecule has 0 radical (unpaired) electrons. The van der Waals surface area contributed by atoms with Gasteiger partial charge in [0, 0.05) is 6.42 Å². The molecule has 3 aromatic rings. The molecule has 9 heteroatoms. The van der Waals surface area contributed by atoms with Gasteiger partial charge in [-0.1, -0.05) is 60.7 Å². The molecule has 192 valence electrons. The van der Waals surface area contributed by atoms with Crippen LogP contribution in [-0.4, -0.2) is 50.1 Å². The fourth-order valence-corrected chi connectivity index (χ4v) is 3.28. The van der Waals surface area contributed by atoms with Gasteiger partial charge in [0.25, 0.3) is 0 Å². The van der Waals surface area contributed by atoms with E-state index in [9.17, 15) is 19.2 Å². The van der Waals surface area contributed by atoms with Gasteiger partial charge in [-0.05, 0) is 35.4 Å². The van der Waals surface area contributed by atoms with Crippen molar-refractivity contribution in [3.05, 3.63) is 102 Å². The highest BCUT2D eigenvalue weighted by molar-refractivity contribution is 5.94. The minimum Gasteiger partial charge on any atom is -0.497 e. The molecule has 0 spiro atoms. The molecule has 0 saturated carbocycles.